The molecule has 0 saturated carbocycles. The lowest BCUT2D eigenvalue weighted by molar-refractivity contribution is -0.129. The highest BCUT2D eigenvalue weighted by Gasteiger charge is 2.48. The van der Waals surface area contributed by atoms with Crippen LogP contribution in [0.4, 0.5) is 5.69 Å². The molecular formula is C22H16N8O4. The lowest BCUT2D eigenvalue weighted by Gasteiger charge is -2.26. The highest BCUT2D eigenvalue weighted by Crippen LogP contribution is 2.35. The summed E-state index contributed by atoms with van der Waals surface area (Å²) in [5.41, 5.74) is 6.93. The Balaban J connectivity index is 1.56. The van der Waals surface area contributed by atoms with Gasteiger partial charge in [0.1, 0.15) is 5.52 Å². The third-order valence-electron chi connectivity index (χ3n) is 5.74. The topological polar surface area (TPSA) is 176 Å². The van der Waals surface area contributed by atoms with Crippen molar-refractivity contribution in [3.05, 3.63) is 72.3 Å². The average molecular weight is 456 g/mol. The number of aromatic amines is 1. The van der Waals surface area contributed by atoms with Crippen LogP contribution in [0.5, 0.6) is 0 Å². The molecule has 0 bridgehead atoms. The molecule has 0 fully saturated rings. The highest BCUT2D eigenvalue weighted by atomic mass is 16.4. The molecule has 1 unspecified atom stereocenters. The molecular weight excluding hydrogens is 440 g/mol. The molecule has 0 radical (unpaired) electrons. The summed E-state index contributed by atoms with van der Waals surface area (Å²) in [7, 11) is 0. The van der Waals surface area contributed by atoms with Gasteiger partial charge in [0.15, 0.2) is 17.2 Å². The Hall–Kier alpha value is -4.97. The molecule has 0 aliphatic carbocycles. The van der Waals surface area contributed by atoms with Crippen LogP contribution >= 0.6 is 0 Å². The molecule has 168 valence electrons. The van der Waals surface area contributed by atoms with Crippen molar-refractivity contribution in [1.29, 1.82) is 0 Å². The molecule has 34 heavy (non-hydrogen) atoms. The number of aliphatic carboxylic acids is 1. The quantitative estimate of drug-likeness (QED) is 0.249. The molecule has 12 heteroatoms. The molecule has 1 atom stereocenters. The zero-order valence-electron chi connectivity index (χ0n) is 17.3. The smallest absolute Gasteiger partial charge is 0.356 e. The Labute approximate surface area is 190 Å². The van der Waals surface area contributed by atoms with E-state index in [9.17, 15) is 19.8 Å². The molecule has 6 rings (SSSR count). The molecule has 0 amide bonds. The number of nitrogens with zero attached hydrogens (tertiary/aromatic N) is 5. The van der Waals surface area contributed by atoms with Crippen LogP contribution in [0.3, 0.4) is 0 Å². The van der Waals surface area contributed by atoms with Crippen LogP contribution < -0.4 is 11.1 Å². The maximum Gasteiger partial charge on any atom is 0.356 e. The predicted octanol–water partition coefficient (Wildman–Crippen LogP) is 1.90. The number of nitrogens with one attached hydrogen (secondary N) is 2. The van der Waals surface area contributed by atoms with E-state index < -0.39 is 23.3 Å². The number of nitrogens with two attached hydrogens (primary N) is 1. The number of hydrogen-bond donors (Lipinski definition) is 5. The molecule has 1 aliphatic rings. The van der Waals surface area contributed by atoms with Gasteiger partial charge in [-0.3, -0.25) is 10.8 Å². The number of imidazole rings is 2. The number of carboxylic acid groups (broad SMARTS) is 2. The van der Waals surface area contributed by atoms with Crippen molar-refractivity contribution >= 4 is 40.0 Å². The summed E-state index contributed by atoms with van der Waals surface area (Å²) in [5, 5.41) is 29.7. The van der Waals surface area contributed by atoms with Gasteiger partial charge in [0.2, 0.25) is 5.66 Å². The van der Waals surface area contributed by atoms with Crippen molar-refractivity contribution in [3.8, 4) is 11.3 Å². The van der Waals surface area contributed by atoms with Gasteiger partial charge >= 0.3 is 11.9 Å². The number of aromatic carboxylic acids is 1. The second-order valence-electron chi connectivity index (χ2n) is 7.78. The van der Waals surface area contributed by atoms with Crippen LogP contribution in [0, 0.1) is 0 Å². The number of rotatable bonds is 5. The van der Waals surface area contributed by atoms with Gasteiger partial charge < -0.3 is 15.5 Å². The van der Waals surface area contributed by atoms with Gasteiger partial charge in [-0.1, -0.05) is 30.3 Å². The van der Waals surface area contributed by atoms with Gasteiger partial charge in [0, 0.05) is 17.8 Å². The van der Waals surface area contributed by atoms with Gasteiger partial charge in [-0.25, -0.2) is 28.7 Å². The molecule has 3 aromatic heterocycles. The summed E-state index contributed by atoms with van der Waals surface area (Å²) < 4.78 is 2.96. The van der Waals surface area contributed by atoms with E-state index in [0.29, 0.717) is 22.4 Å². The van der Waals surface area contributed by atoms with Crippen molar-refractivity contribution in [2.45, 2.75) is 5.66 Å². The van der Waals surface area contributed by atoms with Crippen LogP contribution in [0.2, 0.25) is 0 Å². The van der Waals surface area contributed by atoms with E-state index in [0.717, 1.165) is 5.56 Å². The van der Waals surface area contributed by atoms with Gasteiger partial charge in [0.05, 0.1) is 28.7 Å². The van der Waals surface area contributed by atoms with Gasteiger partial charge in [0.25, 0.3) is 0 Å². The van der Waals surface area contributed by atoms with Crippen LogP contribution in [-0.4, -0.2) is 52.1 Å². The highest BCUT2D eigenvalue weighted by molar-refractivity contribution is 6.40. The summed E-state index contributed by atoms with van der Waals surface area (Å²) in [6, 6.07) is 14.0. The largest absolute Gasteiger partial charge is 0.478 e. The predicted molar refractivity (Wildman–Crippen MR) is 122 cm³/mol. The van der Waals surface area contributed by atoms with Gasteiger partial charge in [-0.15, -0.1) is 0 Å². The van der Waals surface area contributed by atoms with Crippen molar-refractivity contribution in [3.63, 3.8) is 0 Å². The van der Waals surface area contributed by atoms with E-state index in [1.165, 1.54) is 10.7 Å². The van der Waals surface area contributed by atoms with Crippen molar-refractivity contribution in [2.75, 3.05) is 5.32 Å². The second-order valence-corrected chi connectivity index (χ2v) is 7.78. The van der Waals surface area contributed by atoms with E-state index in [2.05, 4.69) is 25.5 Å². The molecule has 1 aliphatic heterocycles. The average Bonchev–Trinajstić information content (AvgIpc) is 3.56. The molecule has 2 aromatic carbocycles. The van der Waals surface area contributed by atoms with Crippen molar-refractivity contribution < 1.29 is 19.8 Å². The molecule has 5 aromatic rings. The summed E-state index contributed by atoms with van der Waals surface area (Å²) in [5.74, 6) is -2.51. The van der Waals surface area contributed by atoms with Crippen molar-refractivity contribution in [1.82, 2.24) is 24.3 Å². The monoisotopic (exact) mass is 456 g/mol. The first-order valence-electron chi connectivity index (χ1n) is 10.1. The van der Waals surface area contributed by atoms with Gasteiger partial charge in [-0.05, 0) is 12.1 Å². The lowest BCUT2D eigenvalue weighted by Crippen LogP contribution is -2.53. The number of anilines is 1. The summed E-state index contributed by atoms with van der Waals surface area (Å²) in [4.78, 5) is 33.2. The first kappa shape index (κ1) is 19.7. The summed E-state index contributed by atoms with van der Waals surface area (Å²) in [6.45, 7) is 0. The van der Waals surface area contributed by atoms with Crippen LogP contribution in [-0.2, 0) is 10.5 Å². The minimum Gasteiger partial charge on any atom is -0.478 e. The Morgan fingerprint density at radius 1 is 1.03 bits per heavy atom. The molecule has 12 nitrogen and oxygen atoms in total. The Bertz CT molecular complexity index is 1660. The zero-order chi connectivity index (χ0) is 23.6. The normalized spacial score (nSPS) is 17.1. The minimum atomic E-state index is -1.94. The second kappa shape index (κ2) is 6.76. The first-order chi connectivity index (χ1) is 16.4. The fourth-order valence-electron chi connectivity index (χ4n) is 4.18. The fraction of sp³-hybridized carbons (Fsp3) is 0.0455. The maximum atomic E-state index is 12.1. The van der Waals surface area contributed by atoms with Crippen LogP contribution in [0.1, 0.15) is 16.2 Å². The Morgan fingerprint density at radius 2 is 1.82 bits per heavy atom. The summed E-state index contributed by atoms with van der Waals surface area (Å²) in [6.07, 6.45) is 3.26. The van der Waals surface area contributed by atoms with Crippen LogP contribution in [0.25, 0.3) is 27.9 Å². The standard InChI is InChI=1S/C22H16N8O4/c23-22(18(20(33)34)28-29-10-13(25-21(22)29)11-4-2-1-3-5-11)27-16-12(19(31)32)6-7-14-17(16)26-15-8-9-24-30(14)15/h1-10,24,27H,23H2,(H,31,32)(H,33,34). The van der Waals surface area contributed by atoms with E-state index in [1.807, 2.05) is 30.3 Å². The zero-order valence-corrected chi connectivity index (χ0v) is 17.3. The van der Waals surface area contributed by atoms with Crippen molar-refractivity contribution in [2.24, 2.45) is 10.8 Å². The molecule has 6 N–H and O–H groups in total. The lowest BCUT2D eigenvalue weighted by atomic mass is 10.0. The molecule has 4 heterocycles. The molecule has 0 saturated heterocycles. The number of carboxylic acids is 2. The minimum absolute atomic E-state index is 0.0521. The number of aromatic nitrogens is 5. The van der Waals surface area contributed by atoms with Gasteiger partial charge in [-0.2, -0.15) is 5.10 Å². The Kier molecular flexibility index (Phi) is 3.92. The summed E-state index contributed by atoms with van der Waals surface area (Å²) >= 11 is 0. The third kappa shape index (κ3) is 2.66. The number of hydrogen-bond acceptors (Lipinski definition) is 7. The SMILES string of the molecule is NC1(Nc2c(C(=O)O)ccc3c2nc2cc[nH]n23)C(C(=O)O)=Nn2cc(-c3ccccc3)nc21. The number of H-pyrrole nitrogens is 1. The first-order valence-corrected chi connectivity index (χ1v) is 10.1. The van der Waals surface area contributed by atoms with E-state index >= 15 is 0 Å². The maximum absolute atomic E-state index is 12.1. The van der Waals surface area contributed by atoms with E-state index in [4.69, 9.17) is 5.73 Å². The van der Waals surface area contributed by atoms with E-state index in [1.54, 1.807) is 29.0 Å². The third-order valence-corrected chi connectivity index (χ3v) is 5.74. The van der Waals surface area contributed by atoms with E-state index in [-0.39, 0.29) is 17.1 Å². The molecule has 0 spiro atoms. The Morgan fingerprint density at radius 3 is 2.56 bits per heavy atom. The number of carbonyl (C=O) groups is 2. The fourth-order valence-corrected chi connectivity index (χ4v) is 4.18. The van der Waals surface area contributed by atoms with Crippen LogP contribution in [0.15, 0.2) is 66.0 Å². The number of fused-ring (bicyclic) bond motifs is 4. The number of benzene rings is 2.